The van der Waals surface area contributed by atoms with Gasteiger partial charge in [-0.25, -0.2) is 4.98 Å². The predicted molar refractivity (Wildman–Crippen MR) is 74.8 cm³/mol. The minimum atomic E-state index is -0.912. The fraction of sp³-hybridized carbons (Fsp3) is 0.400. The predicted octanol–water partition coefficient (Wildman–Crippen LogP) is 1.55. The van der Waals surface area contributed by atoms with Gasteiger partial charge in [-0.15, -0.1) is 0 Å². The van der Waals surface area contributed by atoms with Gasteiger partial charge in [-0.3, -0.25) is 9.59 Å². The average Bonchev–Trinajstić information content (AvgIpc) is 3.08. The summed E-state index contributed by atoms with van der Waals surface area (Å²) in [5.41, 5.74) is 0.459. The third-order valence-corrected chi connectivity index (χ3v) is 4.27. The van der Waals surface area contributed by atoms with E-state index in [9.17, 15) is 14.7 Å². The Kier molecular flexibility index (Phi) is 3.37. The van der Waals surface area contributed by atoms with Crippen LogP contribution in [0, 0.1) is 23.7 Å². The van der Waals surface area contributed by atoms with Crippen molar-refractivity contribution in [3.05, 3.63) is 30.5 Å². The van der Waals surface area contributed by atoms with Crippen LogP contribution in [0.4, 0.5) is 5.69 Å². The molecular formula is C15H16N2O4. The fourth-order valence-corrected chi connectivity index (χ4v) is 3.38. The van der Waals surface area contributed by atoms with Gasteiger partial charge in [-0.05, 0) is 30.4 Å². The number of nitrogens with zero attached hydrogens (tertiary/aromatic N) is 1. The first-order valence-electron chi connectivity index (χ1n) is 6.83. The number of rotatable bonds is 4. The molecule has 0 spiro atoms. The van der Waals surface area contributed by atoms with Crippen molar-refractivity contribution in [3.63, 3.8) is 0 Å². The van der Waals surface area contributed by atoms with Crippen molar-refractivity contribution in [2.75, 3.05) is 12.4 Å². The largest absolute Gasteiger partial charge is 0.481 e. The van der Waals surface area contributed by atoms with Gasteiger partial charge in [0.05, 0.1) is 18.9 Å². The number of hydrogen-bond acceptors (Lipinski definition) is 4. The van der Waals surface area contributed by atoms with Crippen LogP contribution in [0.5, 0.6) is 5.88 Å². The van der Waals surface area contributed by atoms with Crippen molar-refractivity contribution in [1.82, 2.24) is 4.98 Å². The van der Waals surface area contributed by atoms with E-state index in [1.54, 1.807) is 18.3 Å². The fourth-order valence-electron chi connectivity index (χ4n) is 3.38. The summed E-state index contributed by atoms with van der Waals surface area (Å²) >= 11 is 0. The number of pyridine rings is 1. The Labute approximate surface area is 121 Å². The van der Waals surface area contributed by atoms with Gasteiger partial charge in [-0.1, -0.05) is 12.2 Å². The number of carboxylic acids is 1. The molecule has 110 valence electrons. The molecule has 21 heavy (non-hydrogen) atoms. The SMILES string of the molecule is COc1ncccc1NC(=O)C1C2C=CC(C2)C1C(=O)O. The quantitative estimate of drug-likeness (QED) is 0.821. The maximum absolute atomic E-state index is 12.5. The van der Waals surface area contributed by atoms with E-state index in [4.69, 9.17) is 4.74 Å². The summed E-state index contributed by atoms with van der Waals surface area (Å²) in [7, 11) is 1.47. The van der Waals surface area contributed by atoms with E-state index in [1.165, 1.54) is 7.11 Å². The number of amides is 1. The topological polar surface area (TPSA) is 88.5 Å². The lowest BCUT2D eigenvalue weighted by Gasteiger charge is -2.24. The van der Waals surface area contributed by atoms with Crippen molar-refractivity contribution >= 4 is 17.6 Å². The lowest BCUT2D eigenvalue weighted by molar-refractivity contribution is -0.146. The number of anilines is 1. The minimum absolute atomic E-state index is 0.00114. The number of carbonyl (C=O) groups excluding carboxylic acids is 1. The van der Waals surface area contributed by atoms with E-state index in [0.29, 0.717) is 11.6 Å². The molecule has 2 aliphatic rings. The molecule has 4 unspecified atom stereocenters. The number of carboxylic acid groups (broad SMARTS) is 1. The molecule has 1 aromatic heterocycles. The summed E-state index contributed by atoms with van der Waals surface area (Å²) in [6.45, 7) is 0. The Morgan fingerprint density at radius 3 is 2.71 bits per heavy atom. The van der Waals surface area contributed by atoms with E-state index in [2.05, 4.69) is 10.3 Å². The van der Waals surface area contributed by atoms with Crippen LogP contribution < -0.4 is 10.1 Å². The second-order valence-corrected chi connectivity index (χ2v) is 5.39. The van der Waals surface area contributed by atoms with Gasteiger partial charge in [0.25, 0.3) is 0 Å². The highest BCUT2D eigenvalue weighted by molar-refractivity contribution is 5.97. The summed E-state index contributed by atoms with van der Waals surface area (Å²) in [6.07, 6.45) is 6.17. The number of aliphatic carboxylic acids is 1. The first-order chi connectivity index (χ1) is 10.1. The van der Waals surface area contributed by atoms with Gasteiger partial charge in [0.2, 0.25) is 11.8 Å². The summed E-state index contributed by atoms with van der Waals surface area (Å²) in [5.74, 6) is -2.12. The van der Waals surface area contributed by atoms with Crippen LogP contribution in [-0.4, -0.2) is 29.1 Å². The highest BCUT2D eigenvalue weighted by Crippen LogP contribution is 2.48. The highest BCUT2D eigenvalue weighted by Gasteiger charge is 2.51. The number of nitrogens with one attached hydrogen (secondary N) is 1. The van der Waals surface area contributed by atoms with Gasteiger partial charge in [-0.2, -0.15) is 0 Å². The Morgan fingerprint density at radius 1 is 1.33 bits per heavy atom. The molecule has 1 saturated carbocycles. The molecule has 1 heterocycles. The molecule has 0 aliphatic heterocycles. The summed E-state index contributed by atoms with van der Waals surface area (Å²) in [4.78, 5) is 27.9. The Bertz CT molecular complexity index is 613. The van der Waals surface area contributed by atoms with E-state index in [-0.39, 0.29) is 17.7 Å². The van der Waals surface area contributed by atoms with Crippen LogP contribution in [0.25, 0.3) is 0 Å². The van der Waals surface area contributed by atoms with Crippen molar-refractivity contribution in [1.29, 1.82) is 0 Å². The zero-order chi connectivity index (χ0) is 15.0. The highest BCUT2D eigenvalue weighted by atomic mass is 16.5. The van der Waals surface area contributed by atoms with Crippen LogP contribution in [0.1, 0.15) is 6.42 Å². The van der Waals surface area contributed by atoms with Gasteiger partial charge >= 0.3 is 5.97 Å². The van der Waals surface area contributed by atoms with Crippen molar-refractivity contribution in [3.8, 4) is 5.88 Å². The van der Waals surface area contributed by atoms with Gasteiger partial charge in [0, 0.05) is 6.20 Å². The summed E-state index contributed by atoms with van der Waals surface area (Å²) < 4.78 is 5.09. The number of methoxy groups -OCH3 is 1. The van der Waals surface area contributed by atoms with E-state index in [1.807, 2.05) is 12.2 Å². The molecule has 1 aromatic rings. The first kappa shape index (κ1) is 13.6. The molecular weight excluding hydrogens is 272 g/mol. The van der Waals surface area contributed by atoms with Crippen LogP contribution in [-0.2, 0) is 9.59 Å². The molecule has 0 radical (unpaired) electrons. The number of ether oxygens (including phenoxy) is 1. The molecule has 2 N–H and O–H groups in total. The third kappa shape index (κ3) is 2.26. The van der Waals surface area contributed by atoms with Crippen LogP contribution in [0.2, 0.25) is 0 Å². The molecule has 0 saturated heterocycles. The molecule has 0 aromatic carbocycles. The van der Waals surface area contributed by atoms with Crippen molar-refractivity contribution in [2.24, 2.45) is 23.7 Å². The third-order valence-electron chi connectivity index (χ3n) is 4.27. The zero-order valence-corrected chi connectivity index (χ0v) is 11.5. The Morgan fingerprint density at radius 2 is 2.05 bits per heavy atom. The first-order valence-corrected chi connectivity index (χ1v) is 6.83. The van der Waals surface area contributed by atoms with E-state index >= 15 is 0 Å². The zero-order valence-electron chi connectivity index (χ0n) is 11.5. The standard InChI is InChI=1S/C15H16N2O4/c1-21-14-10(3-2-6-16-14)17-13(18)11-8-4-5-9(7-8)12(11)15(19)20/h2-6,8-9,11-12H,7H2,1H3,(H,17,18)(H,19,20). The molecule has 2 bridgehead atoms. The lowest BCUT2D eigenvalue weighted by Crippen LogP contribution is -2.36. The summed E-state index contributed by atoms with van der Waals surface area (Å²) in [6, 6.07) is 3.37. The van der Waals surface area contributed by atoms with E-state index < -0.39 is 17.8 Å². The lowest BCUT2D eigenvalue weighted by atomic mass is 9.82. The monoisotopic (exact) mass is 288 g/mol. The molecule has 1 fully saturated rings. The normalized spacial score (nSPS) is 29.4. The molecule has 6 heteroatoms. The van der Waals surface area contributed by atoms with Gasteiger partial charge < -0.3 is 15.2 Å². The molecule has 2 aliphatic carbocycles. The Balaban J connectivity index is 1.82. The van der Waals surface area contributed by atoms with Crippen LogP contribution in [0.3, 0.4) is 0 Å². The molecule has 1 amide bonds. The smallest absolute Gasteiger partial charge is 0.307 e. The molecule has 3 rings (SSSR count). The maximum Gasteiger partial charge on any atom is 0.307 e. The number of allylic oxidation sites excluding steroid dienone is 2. The average molecular weight is 288 g/mol. The Hall–Kier alpha value is -2.37. The van der Waals surface area contributed by atoms with Crippen molar-refractivity contribution < 1.29 is 19.4 Å². The van der Waals surface area contributed by atoms with Crippen LogP contribution in [0.15, 0.2) is 30.5 Å². The van der Waals surface area contributed by atoms with Gasteiger partial charge in [0.1, 0.15) is 5.69 Å². The van der Waals surface area contributed by atoms with Gasteiger partial charge in [0.15, 0.2) is 0 Å². The maximum atomic E-state index is 12.5. The van der Waals surface area contributed by atoms with E-state index in [0.717, 1.165) is 6.42 Å². The number of carbonyl (C=O) groups is 2. The summed E-state index contributed by atoms with van der Waals surface area (Å²) in [5, 5.41) is 12.1. The number of aromatic nitrogens is 1. The molecule has 6 nitrogen and oxygen atoms in total. The second-order valence-electron chi connectivity index (χ2n) is 5.39. The number of hydrogen-bond donors (Lipinski definition) is 2. The number of fused-ring (bicyclic) bond motifs is 2. The second kappa shape index (κ2) is 5.20. The molecule has 4 atom stereocenters. The minimum Gasteiger partial charge on any atom is -0.481 e. The van der Waals surface area contributed by atoms with Crippen LogP contribution >= 0.6 is 0 Å². The van der Waals surface area contributed by atoms with Crippen molar-refractivity contribution in [2.45, 2.75) is 6.42 Å².